The Kier molecular flexibility index (Phi) is 8.30. The molecule has 1 fully saturated rings. The number of hydrogen-bond acceptors (Lipinski definition) is 7. The first kappa shape index (κ1) is 23.7. The lowest BCUT2D eigenvalue weighted by Crippen LogP contribution is -2.43. The summed E-state index contributed by atoms with van der Waals surface area (Å²) in [6.45, 7) is 1.94. The number of anilines is 1. The van der Waals surface area contributed by atoms with Gasteiger partial charge in [-0.25, -0.2) is 9.82 Å². The van der Waals surface area contributed by atoms with E-state index in [9.17, 15) is 18.8 Å². The molecule has 1 aliphatic heterocycles. The maximum absolute atomic E-state index is 12.9. The van der Waals surface area contributed by atoms with Crippen molar-refractivity contribution in [3.05, 3.63) is 53.8 Å². The second kappa shape index (κ2) is 11.6. The number of amides is 3. The molecule has 0 aromatic heterocycles. The van der Waals surface area contributed by atoms with Gasteiger partial charge in [-0.15, -0.1) is 0 Å². The Morgan fingerprint density at radius 1 is 1.09 bits per heavy atom. The Morgan fingerprint density at radius 2 is 1.82 bits per heavy atom. The van der Waals surface area contributed by atoms with Gasteiger partial charge in [0.2, 0.25) is 0 Å². The number of halogens is 1. The monoisotopic (exact) mass is 458 g/mol. The van der Waals surface area contributed by atoms with Crippen LogP contribution in [0.3, 0.4) is 0 Å². The molecule has 3 amide bonds. The van der Waals surface area contributed by atoms with Gasteiger partial charge in [0.1, 0.15) is 5.82 Å². The molecule has 0 saturated carbocycles. The lowest BCUT2D eigenvalue weighted by Gasteiger charge is -2.26. The van der Waals surface area contributed by atoms with Gasteiger partial charge in [-0.05, 0) is 48.0 Å². The summed E-state index contributed by atoms with van der Waals surface area (Å²) in [6.07, 6.45) is 1.31. The molecule has 1 saturated heterocycles. The van der Waals surface area contributed by atoms with Crippen LogP contribution in [0.15, 0.2) is 47.6 Å². The van der Waals surface area contributed by atoms with Crippen molar-refractivity contribution in [1.82, 2.24) is 10.3 Å². The van der Waals surface area contributed by atoms with Crippen molar-refractivity contribution in [3.63, 3.8) is 0 Å². The van der Waals surface area contributed by atoms with E-state index in [0.29, 0.717) is 43.4 Å². The van der Waals surface area contributed by atoms with Crippen molar-refractivity contribution in [3.8, 4) is 11.5 Å². The van der Waals surface area contributed by atoms with Gasteiger partial charge < -0.3 is 24.4 Å². The molecule has 10 nitrogen and oxygen atoms in total. The summed E-state index contributed by atoms with van der Waals surface area (Å²) in [5.74, 6) is -1.81. The van der Waals surface area contributed by atoms with Crippen molar-refractivity contribution in [2.75, 3.05) is 45.3 Å². The molecular weight excluding hydrogens is 435 g/mol. The smallest absolute Gasteiger partial charge is 0.329 e. The van der Waals surface area contributed by atoms with Gasteiger partial charge in [-0.3, -0.25) is 14.4 Å². The minimum atomic E-state index is -0.996. The Labute approximate surface area is 189 Å². The summed E-state index contributed by atoms with van der Waals surface area (Å²) in [4.78, 5) is 37.6. The zero-order valence-corrected chi connectivity index (χ0v) is 17.9. The minimum absolute atomic E-state index is 0.136. The molecule has 2 aromatic carbocycles. The number of rotatable bonds is 7. The molecule has 2 N–H and O–H groups in total. The molecular formula is C22H23FN4O6. The van der Waals surface area contributed by atoms with Crippen molar-refractivity contribution in [2.24, 2.45) is 5.10 Å². The van der Waals surface area contributed by atoms with Crippen molar-refractivity contribution in [2.45, 2.75) is 0 Å². The third-order valence-corrected chi connectivity index (χ3v) is 4.59. The second-order valence-electron chi connectivity index (χ2n) is 6.85. The van der Waals surface area contributed by atoms with Crippen LogP contribution in [0, 0.1) is 5.82 Å². The predicted molar refractivity (Wildman–Crippen MR) is 117 cm³/mol. The summed E-state index contributed by atoms with van der Waals surface area (Å²) in [5, 5.41) is 6.07. The first-order valence-electron chi connectivity index (χ1n) is 10.0. The Morgan fingerprint density at radius 3 is 2.52 bits per heavy atom. The third kappa shape index (κ3) is 7.01. The van der Waals surface area contributed by atoms with Crippen molar-refractivity contribution >= 4 is 29.6 Å². The molecule has 0 aliphatic carbocycles. The Bertz CT molecular complexity index is 1020. The van der Waals surface area contributed by atoms with E-state index in [1.807, 2.05) is 0 Å². The van der Waals surface area contributed by atoms with Crippen LogP contribution in [0.25, 0.3) is 0 Å². The van der Waals surface area contributed by atoms with E-state index in [1.165, 1.54) is 25.5 Å². The summed E-state index contributed by atoms with van der Waals surface area (Å²) in [6, 6.07) is 9.82. The normalized spacial score (nSPS) is 13.5. The fraction of sp³-hybridized carbons (Fsp3) is 0.273. The molecule has 0 radical (unpaired) electrons. The summed E-state index contributed by atoms with van der Waals surface area (Å²) >= 11 is 0. The second-order valence-corrected chi connectivity index (χ2v) is 6.85. The quantitative estimate of drug-likeness (QED) is 0.365. The van der Waals surface area contributed by atoms with Gasteiger partial charge in [0.25, 0.3) is 5.91 Å². The van der Waals surface area contributed by atoms with E-state index in [2.05, 4.69) is 15.8 Å². The van der Waals surface area contributed by atoms with Crippen LogP contribution in [0.1, 0.15) is 5.56 Å². The molecule has 174 valence electrons. The highest BCUT2D eigenvalue weighted by Crippen LogP contribution is 2.27. The number of hydrazone groups is 1. The molecule has 11 heteroatoms. The number of nitrogens with zero attached hydrogens (tertiary/aromatic N) is 2. The number of ether oxygens (including phenoxy) is 3. The predicted octanol–water partition coefficient (Wildman–Crippen LogP) is 1.16. The van der Waals surface area contributed by atoms with Gasteiger partial charge in [-0.1, -0.05) is 0 Å². The van der Waals surface area contributed by atoms with E-state index in [0.717, 1.165) is 12.1 Å². The highest BCUT2D eigenvalue weighted by atomic mass is 19.1. The summed E-state index contributed by atoms with van der Waals surface area (Å²) < 4.78 is 29.0. The molecule has 33 heavy (non-hydrogen) atoms. The number of morpholine rings is 1. The molecule has 1 aliphatic rings. The summed E-state index contributed by atoms with van der Waals surface area (Å²) in [7, 11) is 1.45. The average Bonchev–Trinajstić information content (AvgIpc) is 2.84. The standard InChI is InChI=1S/C22H23FN4O6/c1-31-19-12-15(2-7-18(19)33-14-20(28)27-8-10-32-11-9-27)13-24-26-22(30)21(29)25-17-5-3-16(23)4-6-17/h2-7,12-13H,8-11,14H2,1H3,(H,25,29)(H,26,30)/b24-13-. The van der Waals surface area contributed by atoms with Gasteiger partial charge >= 0.3 is 11.8 Å². The van der Waals surface area contributed by atoms with Crippen LogP contribution < -0.4 is 20.2 Å². The molecule has 1 heterocycles. The fourth-order valence-corrected chi connectivity index (χ4v) is 2.86. The molecule has 2 aromatic rings. The van der Waals surface area contributed by atoms with Crippen LogP contribution in [-0.4, -0.2) is 68.9 Å². The van der Waals surface area contributed by atoms with E-state index in [1.54, 1.807) is 23.1 Å². The van der Waals surface area contributed by atoms with Crippen LogP contribution in [0.4, 0.5) is 10.1 Å². The number of nitrogens with one attached hydrogen (secondary N) is 2. The third-order valence-electron chi connectivity index (χ3n) is 4.59. The van der Waals surface area contributed by atoms with Gasteiger partial charge in [-0.2, -0.15) is 5.10 Å². The average molecular weight is 458 g/mol. The number of methoxy groups -OCH3 is 1. The number of carbonyl (C=O) groups excluding carboxylic acids is 3. The molecule has 0 unspecified atom stereocenters. The zero-order valence-electron chi connectivity index (χ0n) is 17.9. The van der Waals surface area contributed by atoms with Crippen LogP contribution in [-0.2, 0) is 19.1 Å². The van der Waals surface area contributed by atoms with E-state index in [4.69, 9.17) is 14.2 Å². The first-order valence-corrected chi connectivity index (χ1v) is 10.0. The highest BCUT2D eigenvalue weighted by molar-refractivity contribution is 6.39. The highest BCUT2D eigenvalue weighted by Gasteiger charge is 2.18. The maximum atomic E-state index is 12.9. The van der Waals surface area contributed by atoms with Crippen LogP contribution >= 0.6 is 0 Å². The maximum Gasteiger partial charge on any atom is 0.329 e. The lowest BCUT2D eigenvalue weighted by atomic mass is 10.2. The lowest BCUT2D eigenvalue weighted by molar-refractivity contribution is -0.137. The van der Waals surface area contributed by atoms with Crippen LogP contribution in [0.2, 0.25) is 0 Å². The Balaban J connectivity index is 1.51. The fourth-order valence-electron chi connectivity index (χ4n) is 2.86. The molecule has 0 bridgehead atoms. The van der Waals surface area contributed by atoms with Gasteiger partial charge in [0, 0.05) is 18.8 Å². The number of benzene rings is 2. The largest absolute Gasteiger partial charge is 0.493 e. The molecule has 3 rings (SSSR count). The van der Waals surface area contributed by atoms with Crippen molar-refractivity contribution < 1.29 is 33.0 Å². The topological polar surface area (TPSA) is 119 Å². The van der Waals surface area contributed by atoms with Gasteiger partial charge in [0.15, 0.2) is 18.1 Å². The minimum Gasteiger partial charge on any atom is -0.493 e. The van der Waals surface area contributed by atoms with Crippen LogP contribution in [0.5, 0.6) is 11.5 Å². The molecule has 0 atom stereocenters. The Hall–Kier alpha value is -3.99. The van der Waals surface area contributed by atoms with E-state index >= 15 is 0 Å². The van der Waals surface area contributed by atoms with Gasteiger partial charge in [0.05, 0.1) is 26.5 Å². The SMILES string of the molecule is COc1cc(/C=N\NC(=O)C(=O)Nc2ccc(F)cc2)ccc1OCC(=O)N1CCOCC1. The first-order chi connectivity index (χ1) is 16.0. The van der Waals surface area contributed by atoms with Crippen molar-refractivity contribution in [1.29, 1.82) is 0 Å². The van der Waals surface area contributed by atoms with E-state index in [-0.39, 0.29) is 18.2 Å². The number of carbonyl (C=O) groups is 3. The number of hydrogen-bond donors (Lipinski definition) is 2. The zero-order chi connectivity index (χ0) is 23.6. The van der Waals surface area contributed by atoms with E-state index < -0.39 is 17.6 Å². The molecule has 0 spiro atoms. The summed E-state index contributed by atoms with van der Waals surface area (Å²) in [5.41, 5.74) is 2.93.